The van der Waals surface area contributed by atoms with Gasteiger partial charge in [0, 0.05) is 20.2 Å². The van der Waals surface area contributed by atoms with Gasteiger partial charge in [-0.05, 0) is 6.42 Å². The minimum Gasteiger partial charge on any atom is -0.469 e. The SMILES string of the molecule is CCCCOC(=O)CN(CCOC)CCC(=O)OC. The molecule has 0 aliphatic rings. The molecule has 0 rings (SSSR count). The summed E-state index contributed by atoms with van der Waals surface area (Å²) < 4.78 is 14.6. The van der Waals surface area contributed by atoms with Crippen LogP contribution in [0.2, 0.25) is 0 Å². The number of hydrogen-bond donors (Lipinski definition) is 0. The second-order valence-corrected chi connectivity index (χ2v) is 4.17. The summed E-state index contributed by atoms with van der Waals surface area (Å²) in [5, 5.41) is 0. The first-order valence-electron chi connectivity index (χ1n) is 6.57. The van der Waals surface area contributed by atoms with E-state index in [1.54, 1.807) is 7.11 Å². The van der Waals surface area contributed by atoms with Crippen LogP contribution in [0.4, 0.5) is 0 Å². The summed E-state index contributed by atoms with van der Waals surface area (Å²) in [6.45, 7) is 4.20. The molecule has 112 valence electrons. The van der Waals surface area contributed by atoms with Gasteiger partial charge in [-0.25, -0.2) is 0 Å². The Morgan fingerprint density at radius 1 is 1.05 bits per heavy atom. The van der Waals surface area contributed by atoms with Gasteiger partial charge in [0.15, 0.2) is 0 Å². The van der Waals surface area contributed by atoms with Crippen molar-refractivity contribution in [2.24, 2.45) is 0 Å². The van der Waals surface area contributed by atoms with Crippen LogP contribution in [0.3, 0.4) is 0 Å². The normalized spacial score (nSPS) is 10.5. The molecule has 0 heterocycles. The zero-order valence-corrected chi connectivity index (χ0v) is 12.1. The summed E-state index contributed by atoms with van der Waals surface area (Å²) in [5.41, 5.74) is 0. The van der Waals surface area contributed by atoms with Crippen LogP contribution < -0.4 is 0 Å². The lowest BCUT2D eigenvalue weighted by Crippen LogP contribution is -2.35. The van der Waals surface area contributed by atoms with Crippen molar-refractivity contribution in [1.82, 2.24) is 4.90 Å². The van der Waals surface area contributed by atoms with Crippen molar-refractivity contribution in [1.29, 1.82) is 0 Å². The second kappa shape index (κ2) is 11.9. The van der Waals surface area contributed by atoms with Gasteiger partial charge < -0.3 is 14.2 Å². The standard InChI is InChI=1S/C13H25NO5/c1-4-5-9-19-13(16)11-14(8-10-17-2)7-6-12(15)18-3/h4-11H2,1-3H3. The number of nitrogens with zero attached hydrogens (tertiary/aromatic N) is 1. The van der Waals surface area contributed by atoms with E-state index in [0.717, 1.165) is 12.8 Å². The topological polar surface area (TPSA) is 65.1 Å². The first-order valence-corrected chi connectivity index (χ1v) is 6.57. The quantitative estimate of drug-likeness (QED) is 0.411. The van der Waals surface area contributed by atoms with Gasteiger partial charge in [0.05, 0.1) is 33.3 Å². The maximum Gasteiger partial charge on any atom is 0.320 e. The highest BCUT2D eigenvalue weighted by Crippen LogP contribution is 1.96. The fraction of sp³-hybridized carbons (Fsp3) is 0.846. The van der Waals surface area contributed by atoms with Crippen LogP contribution >= 0.6 is 0 Å². The summed E-state index contributed by atoms with van der Waals surface area (Å²) in [4.78, 5) is 24.5. The number of rotatable bonds is 11. The third-order valence-corrected chi connectivity index (χ3v) is 2.59. The number of carbonyl (C=O) groups excluding carboxylic acids is 2. The van der Waals surface area contributed by atoms with Gasteiger partial charge in [-0.1, -0.05) is 13.3 Å². The van der Waals surface area contributed by atoms with Crippen molar-refractivity contribution in [2.75, 3.05) is 47.1 Å². The molecule has 0 fully saturated rings. The number of methoxy groups -OCH3 is 2. The summed E-state index contributed by atoms with van der Waals surface area (Å²) >= 11 is 0. The molecule has 0 N–H and O–H groups in total. The average Bonchev–Trinajstić information content (AvgIpc) is 2.41. The minimum atomic E-state index is -0.290. The van der Waals surface area contributed by atoms with Crippen molar-refractivity contribution < 1.29 is 23.8 Å². The molecule has 0 aromatic carbocycles. The molecular formula is C13H25NO5. The summed E-state index contributed by atoms with van der Waals surface area (Å²) in [7, 11) is 2.94. The first kappa shape index (κ1) is 17.9. The predicted molar refractivity (Wildman–Crippen MR) is 70.8 cm³/mol. The van der Waals surface area contributed by atoms with Crippen LogP contribution in [0, 0.1) is 0 Å². The van der Waals surface area contributed by atoms with Crippen LogP contribution in [0.25, 0.3) is 0 Å². The van der Waals surface area contributed by atoms with E-state index in [4.69, 9.17) is 9.47 Å². The molecule has 0 bridgehead atoms. The van der Waals surface area contributed by atoms with Crippen molar-refractivity contribution in [2.45, 2.75) is 26.2 Å². The maximum absolute atomic E-state index is 11.6. The lowest BCUT2D eigenvalue weighted by atomic mass is 10.3. The van der Waals surface area contributed by atoms with E-state index < -0.39 is 0 Å². The third kappa shape index (κ3) is 10.5. The third-order valence-electron chi connectivity index (χ3n) is 2.59. The van der Waals surface area contributed by atoms with E-state index in [1.165, 1.54) is 7.11 Å². The monoisotopic (exact) mass is 275 g/mol. The number of carbonyl (C=O) groups is 2. The van der Waals surface area contributed by atoms with Gasteiger partial charge in [0.2, 0.25) is 0 Å². The van der Waals surface area contributed by atoms with Gasteiger partial charge >= 0.3 is 11.9 Å². The molecule has 0 saturated carbocycles. The van der Waals surface area contributed by atoms with Crippen LogP contribution in [0.1, 0.15) is 26.2 Å². The van der Waals surface area contributed by atoms with E-state index in [9.17, 15) is 9.59 Å². The number of esters is 2. The van der Waals surface area contributed by atoms with E-state index in [-0.39, 0.29) is 24.9 Å². The molecule has 0 aliphatic heterocycles. The Morgan fingerprint density at radius 2 is 1.79 bits per heavy atom. The lowest BCUT2D eigenvalue weighted by Gasteiger charge is -2.20. The molecule has 0 amide bonds. The van der Waals surface area contributed by atoms with Crippen LogP contribution in [-0.4, -0.2) is 63.9 Å². The molecule has 6 heteroatoms. The predicted octanol–water partition coefficient (Wildman–Crippen LogP) is 0.841. The zero-order valence-electron chi connectivity index (χ0n) is 12.1. The molecule has 0 aliphatic carbocycles. The van der Waals surface area contributed by atoms with E-state index in [2.05, 4.69) is 4.74 Å². The number of hydrogen-bond acceptors (Lipinski definition) is 6. The Hall–Kier alpha value is -1.14. The summed E-state index contributed by atoms with van der Waals surface area (Å²) in [6, 6.07) is 0. The Kier molecular flexibility index (Phi) is 11.2. The molecular weight excluding hydrogens is 250 g/mol. The fourth-order valence-electron chi connectivity index (χ4n) is 1.40. The molecule has 0 saturated heterocycles. The molecule has 19 heavy (non-hydrogen) atoms. The van der Waals surface area contributed by atoms with Crippen LogP contribution in [0.15, 0.2) is 0 Å². The Balaban J connectivity index is 4.02. The zero-order chi connectivity index (χ0) is 14.5. The van der Waals surface area contributed by atoms with E-state index >= 15 is 0 Å². The largest absolute Gasteiger partial charge is 0.469 e. The second-order valence-electron chi connectivity index (χ2n) is 4.17. The summed E-state index contributed by atoms with van der Waals surface area (Å²) in [5.74, 6) is -0.559. The fourth-order valence-corrected chi connectivity index (χ4v) is 1.40. The maximum atomic E-state index is 11.6. The molecule has 0 spiro atoms. The number of unbranched alkanes of at least 4 members (excludes halogenated alkanes) is 1. The van der Waals surface area contributed by atoms with Crippen molar-refractivity contribution >= 4 is 11.9 Å². The van der Waals surface area contributed by atoms with Gasteiger partial charge in [0.25, 0.3) is 0 Å². The van der Waals surface area contributed by atoms with Gasteiger partial charge in [-0.2, -0.15) is 0 Å². The van der Waals surface area contributed by atoms with Crippen molar-refractivity contribution in [3.05, 3.63) is 0 Å². The highest BCUT2D eigenvalue weighted by Gasteiger charge is 2.13. The van der Waals surface area contributed by atoms with E-state index in [1.807, 2.05) is 11.8 Å². The minimum absolute atomic E-state index is 0.171. The Labute approximate surface area is 115 Å². The smallest absolute Gasteiger partial charge is 0.320 e. The number of ether oxygens (including phenoxy) is 3. The lowest BCUT2D eigenvalue weighted by molar-refractivity contribution is -0.146. The molecule has 0 radical (unpaired) electrons. The van der Waals surface area contributed by atoms with Crippen LogP contribution in [-0.2, 0) is 23.8 Å². The molecule has 6 nitrogen and oxygen atoms in total. The molecule has 0 aromatic rings. The van der Waals surface area contributed by atoms with Crippen molar-refractivity contribution in [3.63, 3.8) is 0 Å². The first-order chi connectivity index (χ1) is 9.13. The summed E-state index contributed by atoms with van der Waals surface area (Å²) in [6.07, 6.45) is 2.11. The highest BCUT2D eigenvalue weighted by molar-refractivity contribution is 5.72. The van der Waals surface area contributed by atoms with Gasteiger partial charge in [0.1, 0.15) is 0 Å². The molecule has 0 unspecified atom stereocenters. The van der Waals surface area contributed by atoms with Gasteiger partial charge in [-0.3, -0.25) is 14.5 Å². The van der Waals surface area contributed by atoms with Gasteiger partial charge in [-0.15, -0.1) is 0 Å². The molecule has 0 aromatic heterocycles. The highest BCUT2D eigenvalue weighted by atomic mass is 16.5. The van der Waals surface area contributed by atoms with E-state index in [0.29, 0.717) is 26.3 Å². The Bertz CT molecular complexity index is 257. The molecule has 0 atom stereocenters. The van der Waals surface area contributed by atoms with Crippen molar-refractivity contribution in [3.8, 4) is 0 Å². The van der Waals surface area contributed by atoms with Crippen LogP contribution in [0.5, 0.6) is 0 Å². The Morgan fingerprint density at radius 3 is 2.37 bits per heavy atom. The average molecular weight is 275 g/mol.